The molecule has 2 aromatic carbocycles. The van der Waals surface area contributed by atoms with Crippen molar-refractivity contribution < 1.29 is 39.6 Å². The van der Waals surface area contributed by atoms with Gasteiger partial charge in [-0.15, -0.1) is 0 Å². The molecule has 2 amide bonds. The fourth-order valence-corrected chi connectivity index (χ4v) is 5.97. The molecule has 5 rings (SSSR count). The molecule has 1 fully saturated rings. The number of carbonyl (C=O) groups is 4. The summed E-state index contributed by atoms with van der Waals surface area (Å²) in [6, 6.07) is 10.9. The van der Waals surface area contributed by atoms with Crippen LogP contribution >= 0.6 is 0 Å². The Labute approximate surface area is 217 Å². The topological polar surface area (TPSA) is 187 Å². The number of phenols is 1. The lowest BCUT2D eigenvalue weighted by molar-refractivity contribution is -0.147. The fraction of sp³-hybridized carbons (Fsp3) is 0.286. The minimum Gasteiger partial charge on any atom is -0.508 e. The second kappa shape index (κ2) is 8.84. The Kier molecular flexibility index (Phi) is 5.87. The third-order valence-corrected chi connectivity index (χ3v) is 7.76. The molecule has 3 atom stereocenters. The highest BCUT2D eigenvalue weighted by Crippen LogP contribution is 2.53. The summed E-state index contributed by atoms with van der Waals surface area (Å²) in [7, 11) is 0. The van der Waals surface area contributed by atoms with Crippen molar-refractivity contribution in [3.63, 3.8) is 0 Å². The van der Waals surface area contributed by atoms with Crippen LogP contribution in [0.3, 0.4) is 0 Å². The van der Waals surface area contributed by atoms with E-state index in [2.05, 4.69) is 5.32 Å². The first-order valence-corrected chi connectivity index (χ1v) is 12.1. The van der Waals surface area contributed by atoms with Crippen LogP contribution in [0.25, 0.3) is 16.9 Å². The zero-order chi connectivity index (χ0) is 27.5. The van der Waals surface area contributed by atoms with Crippen molar-refractivity contribution in [1.82, 2.24) is 5.32 Å². The summed E-state index contributed by atoms with van der Waals surface area (Å²) in [6.07, 6.45) is -0.146. The summed E-state index contributed by atoms with van der Waals surface area (Å²) < 4.78 is 0. The maximum atomic E-state index is 13.7. The standard InChI is InChI=1S/C28H26N2O8/c1-12(31)30-11-15-9-17(13-5-3-2-4-6-13)18-8-14-7-16-10-19(32)22(27(29)37)26(36)28(16,38)25(35)20(14)24(34)21(18)23(15)33/h2-6,9,14,16,33-34,36,38H,7-8,10-11H2,1H3,(H2,29,37)(H,30,31). The Balaban J connectivity index is 1.74. The largest absolute Gasteiger partial charge is 0.508 e. The summed E-state index contributed by atoms with van der Waals surface area (Å²) in [5.41, 5.74) is 3.85. The number of Topliss-reactive ketones (excluding diaryl/α,β-unsaturated/α-hetero) is 2. The smallest absolute Gasteiger partial charge is 0.255 e. The molecule has 2 aromatic rings. The van der Waals surface area contributed by atoms with Gasteiger partial charge in [-0.3, -0.25) is 19.2 Å². The van der Waals surface area contributed by atoms with Crippen LogP contribution in [0.5, 0.6) is 5.75 Å². The molecule has 1 saturated carbocycles. The van der Waals surface area contributed by atoms with Gasteiger partial charge < -0.3 is 31.5 Å². The van der Waals surface area contributed by atoms with Crippen molar-refractivity contribution in [1.29, 1.82) is 0 Å². The molecule has 0 spiro atoms. The van der Waals surface area contributed by atoms with Gasteiger partial charge >= 0.3 is 0 Å². The Hall–Kier alpha value is -4.44. The number of benzene rings is 2. The highest BCUT2D eigenvalue weighted by atomic mass is 16.3. The van der Waals surface area contributed by atoms with Gasteiger partial charge in [0.25, 0.3) is 5.91 Å². The zero-order valence-corrected chi connectivity index (χ0v) is 20.4. The van der Waals surface area contributed by atoms with E-state index in [-0.39, 0.29) is 48.6 Å². The van der Waals surface area contributed by atoms with Crippen LogP contribution in [0.2, 0.25) is 0 Å². The molecule has 3 aliphatic rings. The molecule has 0 radical (unpaired) electrons. The molecule has 3 aliphatic carbocycles. The van der Waals surface area contributed by atoms with Crippen LogP contribution < -0.4 is 11.1 Å². The maximum absolute atomic E-state index is 13.7. The predicted octanol–water partition coefficient (Wildman–Crippen LogP) is 1.73. The molecular formula is C28H26N2O8. The molecule has 10 nitrogen and oxygen atoms in total. The number of rotatable bonds is 4. The minimum atomic E-state index is -2.62. The number of aliphatic hydroxyl groups is 3. The van der Waals surface area contributed by atoms with Gasteiger partial charge in [0.1, 0.15) is 22.8 Å². The van der Waals surface area contributed by atoms with Gasteiger partial charge in [0.2, 0.25) is 11.7 Å². The van der Waals surface area contributed by atoms with E-state index in [1.165, 1.54) is 6.92 Å². The lowest BCUT2D eigenvalue weighted by atomic mass is 9.59. The molecule has 196 valence electrons. The lowest BCUT2D eigenvalue weighted by Crippen LogP contribution is -2.58. The first kappa shape index (κ1) is 25.2. The van der Waals surface area contributed by atoms with Crippen LogP contribution in [0.4, 0.5) is 0 Å². The number of amides is 2. The summed E-state index contributed by atoms with van der Waals surface area (Å²) in [5.74, 6) is -7.13. The molecule has 0 heterocycles. The average Bonchev–Trinajstić information content (AvgIpc) is 2.86. The Morgan fingerprint density at radius 1 is 1.11 bits per heavy atom. The van der Waals surface area contributed by atoms with Gasteiger partial charge in [0.15, 0.2) is 11.4 Å². The van der Waals surface area contributed by atoms with Crippen molar-refractivity contribution in [3.05, 3.63) is 70.0 Å². The van der Waals surface area contributed by atoms with Crippen LogP contribution in [-0.2, 0) is 32.1 Å². The molecule has 7 N–H and O–H groups in total. The maximum Gasteiger partial charge on any atom is 0.255 e. The molecular weight excluding hydrogens is 492 g/mol. The quantitative estimate of drug-likeness (QED) is 0.330. The highest BCUT2D eigenvalue weighted by molar-refractivity contribution is 6.22. The first-order chi connectivity index (χ1) is 18.0. The Morgan fingerprint density at radius 2 is 1.79 bits per heavy atom. The van der Waals surface area contributed by atoms with E-state index in [0.717, 1.165) is 5.56 Å². The van der Waals surface area contributed by atoms with Crippen molar-refractivity contribution in [2.45, 2.75) is 38.3 Å². The van der Waals surface area contributed by atoms with Crippen LogP contribution in [-0.4, -0.2) is 49.4 Å². The van der Waals surface area contributed by atoms with Gasteiger partial charge in [-0.2, -0.15) is 0 Å². The summed E-state index contributed by atoms with van der Waals surface area (Å²) >= 11 is 0. The van der Waals surface area contributed by atoms with Gasteiger partial charge in [0, 0.05) is 36.9 Å². The van der Waals surface area contributed by atoms with E-state index in [4.69, 9.17) is 5.73 Å². The average molecular weight is 519 g/mol. The molecule has 0 saturated heterocycles. The third-order valence-electron chi connectivity index (χ3n) is 7.76. The molecule has 0 aromatic heterocycles. The first-order valence-electron chi connectivity index (χ1n) is 12.1. The molecule has 10 heteroatoms. The zero-order valence-electron chi connectivity index (χ0n) is 20.4. The van der Waals surface area contributed by atoms with E-state index in [0.29, 0.717) is 16.7 Å². The Morgan fingerprint density at radius 3 is 2.42 bits per heavy atom. The lowest BCUT2D eigenvalue weighted by Gasteiger charge is -2.46. The number of hydrogen-bond acceptors (Lipinski definition) is 8. The summed E-state index contributed by atoms with van der Waals surface area (Å²) in [4.78, 5) is 49.6. The number of ketones is 2. The van der Waals surface area contributed by atoms with Crippen molar-refractivity contribution >= 4 is 29.1 Å². The fourth-order valence-electron chi connectivity index (χ4n) is 5.97. The predicted molar refractivity (Wildman–Crippen MR) is 134 cm³/mol. The van der Waals surface area contributed by atoms with Crippen molar-refractivity contribution in [2.24, 2.45) is 17.6 Å². The van der Waals surface area contributed by atoms with E-state index >= 15 is 0 Å². The molecule has 0 bridgehead atoms. The number of hydrogen-bond donors (Lipinski definition) is 6. The normalized spacial score (nSPS) is 24.5. The van der Waals surface area contributed by atoms with E-state index in [9.17, 15) is 39.6 Å². The summed E-state index contributed by atoms with van der Waals surface area (Å²) in [6.45, 7) is 1.28. The Bertz CT molecular complexity index is 1490. The van der Waals surface area contributed by atoms with Gasteiger partial charge in [-0.25, -0.2) is 0 Å². The number of fused-ring (bicyclic) bond motifs is 3. The van der Waals surface area contributed by atoms with Crippen LogP contribution in [0.1, 0.15) is 36.5 Å². The monoisotopic (exact) mass is 518 g/mol. The number of nitrogens with two attached hydrogens (primary N) is 1. The number of primary amides is 1. The van der Waals surface area contributed by atoms with Crippen LogP contribution in [0.15, 0.2) is 53.3 Å². The van der Waals surface area contributed by atoms with E-state index in [1.807, 2.05) is 30.3 Å². The second-order valence-electron chi connectivity index (χ2n) is 9.97. The SMILES string of the molecule is CC(=O)NCc1cc(-c2ccccc2)c2c(c1O)C(O)=C1C(=O)C3(O)C(O)=C(C(N)=O)C(=O)CC3CC1C2. The van der Waals surface area contributed by atoms with Gasteiger partial charge in [-0.1, -0.05) is 30.3 Å². The number of carbonyl (C=O) groups excluding carboxylic acids is 4. The number of nitrogens with one attached hydrogen (secondary N) is 1. The highest BCUT2D eigenvalue weighted by Gasteiger charge is 2.60. The van der Waals surface area contributed by atoms with Gasteiger partial charge in [-0.05, 0) is 41.5 Å². The molecule has 0 aliphatic heterocycles. The number of aromatic hydroxyl groups is 1. The minimum absolute atomic E-state index is 0.0150. The summed E-state index contributed by atoms with van der Waals surface area (Å²) in [5, 5.41) is 47.4. The second-order valence-corrected chi connectivity index (χ2v) is 9.97. The van der Waals surface area contributed by atoms with Crippen LogP contribution in [0, 0.1) is 11.8 Å². The molecule has 38 heavy (non-hydrogen) atoms. The van der Waals surface area contributed by atoms with Crippen molar-refractivity contribution in [3.8, 4) is 16.9 Å². The number of phenolic OH excluding ortho intramolecular Hbond substituents is 1. The van der Waals surface area contributed by atoms with E-state index in [1.54, 1.807) is 6.07 Å². The van der Waals surface area contributed by atoms with E-state index < -0.39 is 52.0 Å². The number of aliphatic hydroxyl groups excluding tert-OH is 2. The van der Waals surface area contributed by atoms with Gasteiger partial charge in [0.05, 0.1) is 5.56 Å². The van der Waals surface area contributed by atoms with Crippen molar-refractivity contribution in [2.75, 3.05) is 0 Å². The third kappa shape index (κ3) is 3.59. The molecule has 3 unspecified atom stereocenters.